The number of ketones is 2. The number of oxazole rings is 1. The summed E-state index contributed by atoms with van der Waals surface area (Å²) in [4.78, 5) is 28.9. The van der Waals surface area contributed by atoms with Crippen LogP contribution in [0.1, 0.15) is 53.8 Å². The van der Waals surface area contributed by atoms with E-state index in [0.717, 1.165) is 12.8 Å². The maximum absolute atomic E-state index is 12.8. The number of benzene rings is 2. The predicted octanol–water partition coefficient (Wildman–Crippen LogP) is 4.03. The molecule has 31 heavy (non-hydrogen) atoms. The van der Waals surface area contributed by atoms with E-state index in [2.05, 4.69) is 4.98 Å². The highest BCUT2D eigenvalue weighted by Crippen LogP contribution is 2.39. The van der Waals surface area contributed by atoms with Crippen LogP contribution in [0.2, 0.25) is 0 Å². The minimum atomic E-state index is -2.04. The molecule has 0 radical (unpaired) electrons. The standard InChI is InChI=1S/C24H23NO6/c1-3-24(4-2)12-19(26)17-11-16(9-10-20(17)31-24)22-25-18(13-30-22)14-5-7-15(8-6-14)21(27)23(28)29/h5-11,13,23,28-29H,3-4,12H2,1-2H3. The van der Waals surface area contributed by atoms with Crippen LogP contribution in [-0.4, -0.2) is 38.7 Å². The summed E-state index contributed by atoms with van der Waals surface area (Å²) in [6.45, 7) is 4.05. The van der Waals surface area contributed by atoms with Crippen LogP contribution in [0.5, 0.6) is 5.75 Å². The highest BCUT2D eigenvalue weighted by Gasteiger charge is 2.37. The van der Waals surface area contributed by atoms with Crippen molar-refractivity contribution in [2.24, 2.45) is 0 Å². The van der Waals surface area contributed by atoms with E-state index < -0.39 is 17.7 Å². The highest BCUT2D eigenvalue weighted by atomic mass is 16.5. The number of ether oxygens (including phenoxy) is 1. The van der Waals surface area contributed by atoms with Gasteiger partial charge in [0, 0.05) is 16.7 Å². The molecule has 0 fully saturated rings. The van der Waals surface area contributed by atoms with Crippen LogP contribution in [-0.2, 0) is 0 Å². The minimum Gasteiger partial charge on any atom is -0.486 e. The summed E-state index contributed by atoms with van der Waals surface area (Å²) in [7, 11) is 0. The summed E-state index contributed by atoms with van der Waals surface area (Å²) < 4.78 is 11.8. The van der Waals surface area contributed by atoms with Gasteiger partial charge in [0.15, 0.2) is 5.78 Å². The third-order valence-corrected chi connectivity index (χ3v) is 5.83. The lowest BCUT2D eigenvalue weighted by Crippen LogP contribution is -2.40. The third-order valence-electron chi connectivity index (χ3n) is 5.83. The summed E-state index contributed by atoms with van der Waals surface area (Å²) in [6, 6.07) is 11.6. The highest BCUT2D eigenvalue weighted by molar-refractivity contribution is 6.01. The Hall–Kier alpha value is -3.29. The van der Waals surface area contributed by atoms with Gasteiger partial charge in [-0.25, -0.2) is 4.98 Å². The quantitative estimate of drug-likeness (QED) is 0.457. The summed E-state index contributed by atoms with van der Waals surface area (Å²) >= 11 is 0. The number of hydrogen-bond donors (Lipinski definition) is 2. The second kappa shape index (κ2) is 8.09. The molecule has 0 amide bonds. The fourth-order valence-electron chi connectivity index (χ4n) is 3.76. The molecule has 160 valence electrons. The fourth-order valence-corrected chi connectivity index (χ4v) is 3.76. The Bertz CT molecular complexity index is 1130. The van der Waals surface area contributed by atoms with E-state index in [4.69, 9.17) is 19.4 Å². The normalized spacial score (nSPS) is 14.9. The number of carbonyl (C=O) groups excluding carboxylic acids is 2. The Labute approximate surface area is 179 Å². The Morgan fingerprint density at radius 1 is 1.10 bits per heavy atom. The molecule has 4 rings (SSSR count). The van der Waals surface area contributed by atoms with Crippen molar-refractivity contribution in [3.63, 3.8) is 0 Å². The van der Waals surface area contributed by atoms with E-state index in [1.807, 2.05) is 19.9 Å². The minimum absolute atomic E-state index is 0.0462. The summed E-state index contributed by atoms with van der Waals surface area (Å²) in [5.74, 6) is 0.217. The molecule has 0 spiro atoms. The molecule has 1 aromatic heterocycles. The first kappa shape index (κ1) is 21.0. The van der Waals surface area contributed by atoms with Crippen molar-refractivity contribution in [3.05, 3.63) is 59.9 Å². The molecular weight excluding hydrogens is 398 g/mol. The van der Waals surface area contributed by atoms with E-state index in [9.17, 15) is 9.59 Å². The number of aromatic nitrogens is 1. The molecule has 0 saturated carbocycles. The van der Waals surface area contributed by atoms with Crippen LogP contribution >= 0.6 is 0 Å². The topological polar surface area (TPSA) is 110 Å². The molecule has 2 heterocycles. The van der Waals surface area contributed by atoms with Gasteiger partial charge in [-0.1, -0.05) is 38.1 Å². The number of rotatable bonds is 6. The molecule has 0 saturated heterocycles. The van der Waals surface area contributed by atoms with E-state index in [1.165, 1.54) is 18.4 Å². The maximum atomic E-state index is 12.8. The lowest BCUT2D eigenvalue weighted by atomic mass is 9.85. The number of Topliss-reactive ketones (excluding diaryl/α,β-unsaturated/α-hetero) is 2. The SMILES string of the molecule is CCC1(CC)CC(=O)c2cc(-c3nc(-c4ccc(C(=O)C(O)O)cc4)co3)ccc2O1. The molecule has 2 N–H and O–H groups in total. The monoisotopic (exact) mass is 421 g/mol. The van der Waals surface area contributed by atoms with E-state index >= 15 is 0 Å². The Morgan fingerprint density at radius 3 is 2.42 bits per heavy atom. The molecule has 2 aromatic carbocycles. The van der Waals surface area contributed by atoms with Gasteiger partial charge in [-0.2, -0.15) is 0 Å². The maximum Gasteiger partial charge on any atom is 0.226 e. The number of aliphatic hydroxyl groups is 2. The smallest absolute Gasteiger partial charge is 0.226 e. The molecular formula is C24H23NO6. The van der Waals surface area contributed by atoms with Crippen LogP contribution in [0.15, 0.2) is 53.1 Å². The van der Waals surface area contributed by atoms with Gasteiger partial charge in [0.2, 0.25) is 18.0 Å². The van der Waals surface area contributed by atoms with Crippen molar-refractivity contribution < 1.29 is 29.0 Å². The molecule has 0 atom stereocenters. The zero-order valence-corrected chi connectivity index (χ0v) is 17.3. The predicted molar refractivity (Wildman–Crippen MR) is 113 cm³/mol. The molecule has 0 aliphatic carbocycles. The van der Waals surface area contributed by atoms with Gasteiger partial charge in [-0.15, -0.1) is 0 Å². The van der Waals surface area contributed by atoms with Gasteiger partial charge in [-0.3, -0.25) is 9.59 Å². The van der Waals surface area contributed by atoms with Crippen LogP contribution < -0.4 is 4.74 Å². The van der Waals surface area contributed by atoms with Crippen LogP contribution in [0, 0.1) is 0 Å². The lowest BCUT2D eigenvalue weighted by molar-refractivity contribution is -0.0195. The molecule has 3 aromatic rings. The summed E-state index contributed by atoms with van der Waals surface area (Å²) in [5.41, 5.74) is 2.19. The first-order chi connectivity index (χ1) is 14.9. The molecule has 0 bridgehead atoms. The first-order valence-corrected chi connectivity index (χ1v) is 10.2. The lowest BCUT2D eigenvalue weighted by Gasteiger charge is -2.36. The number of nitrogens with zero attached hydrogens (tertiary/aromatic N) is 1. The van der Waals surface area contributed by atoms with Crippen molar-refractivity contribution in [1.29, 1.82) is 0 Å². The van der Waals surface area contributed by atoms with Gasteiger partial charge in [0.25, 0.3) is 0 Å². The molecule has 7 heteroatoms. The van der Waals surface area contributed by atoms with Crippen molar-refractivity contribution in [2.45, 2.75) is 45.0 Å². The number of aliphatic hydroxyl groups excluding tert-OH is 1. The average Bonchev–Trinajstić information content (AvgIpc) is 3.28. The number of carbonyl (C=O) groups is 2. The van der Waals surface area contributed by atoms with Gasteiger partial charge in [0.05, 0.1) is 12.0 Å². The van der Waals surface area contributed by atoms with Crippen molar-refractivity contribution in [1.82, 2.24) is 4.98 Å². The molecule has 1 aliphatic rings. The summed E-state index contributed by atoms with van der Waals surface area (Å²) in [6.07, 6.45) is 1.33. The van der Waals surface area contributed by atoms with Gasteiger partial charge < -0.3 is 19.4 Å². The zero-order valence-electron chi connectivity index (χ0n) is 17.3. The molecule has 1 aliphatic heterocycles. The third kappa shape index (κ3) is 3.89. The van der Waals surface area contributed by atoms with Crippen LogP contribution in [0.4, 0.5) is 0 Å². The van der Waals surface area contributed by atoms with Crippen molar-refractivity contribution in [3.8, 4) is 28.5 Å². The molecule has 0 unspecified atom stereocenters. The largest absolute Gasteiger partial charge is 0.486 e. The average molecular weight is 421 g/mol. The van der Waals surface area contributed by atoms with E-state index in [1.54, 1.807) is 24.3 Å². The Balaban J connectivity index is 1.60. The van der Waals surface area contributed by atoms with Crippen LogP contribution in [0.25, 0.3) is 22.7 Å². The summed E-state index contributed by atoms with van der Waals surface area (Å²) in [5, 5.41) is 18.0. The number of hydrogen-bond acceptors (Lipinski definition) is 7. The first-order valence-electron chi connectivity index (χ1n) is 10.2. The Kier molecular flexibility index (Phi) is 5.47. The van der Waals surface area contributed by atoms with Crippen LogP contribution in [0.3, 0.4) is 0 Å². The van der Waals surface area contributed by atoms with E-state index in [-0.39, 0.29) is 11.3 Å². The Morgan fingerprint density at radius 2 is 1.77 bits per heavy atom. The van der Waals surface area contributed by atoms with Gasteiger partial charge >= 0.3 is 0 Å². The number of fused-ring (bicyclic) bond motifs is 1. The van der Waals surface area contributed by atoms with Gasteiger partial charge in [0.1, 0.15) is 23.3 Å². The van der Waals surface area contributed by atoms with E-state index in [0.29, 0.717) is 40.4 Å². The van der Waals surface area contributed by atoms with Crippen molar-refractivity contribution in [2.75, 3.05) is 0 Å². The second-order valence-corrected chi connectivity index (χ2v) is 7.66. The zero-order chi connectivity index (χ0) is 22.2. The molecule has 7 nitrogen and oxygen atoms in total. The van der Waals surface area contributed by atoms with Gasteiger partial charge in [-0.05, 0) is 31.0 Å². The second-order valence-electron chi connectivity index (χ2n) is 7.66. The van der Waals surface area contributed by atoms with Crippen molar-refractivity contribution >= 4 is 11.6 Å². The fraction of sp³-hybridized carbons (Fsp3) is 0.292.